The molecule has 0 amide bonds. The summed E-state index contributed by atoms with van der Waals surface area (Å²) in [5.41, 5.74) is 2.67. The smallest absolute Gasteiger partial charge is 0.00121 e. The summed E-state index contributed by atoms with van der Waals surface area (Å²) in [5.74, 6) is 0. The fourth-order valence-electron chi connectivity index (χ4n) is 2.31. The second-order valence-electron chi connectivity index (χ2n) is 5.97. The van der Waals surface area contributed by atoms with Crippen LogP contribution in [0.3, 0.4) is 0 Å². The van der Waals surface area contributed by atoms with E-state index in [0.717, 1.165) is 0 Å². The van der Waals surface area contributed by atoms with E-state index in [4.69, 9.17) is 0 Å². The molecule has 102 valence electrons. The van der Waals surface area contributed by atoms with E-state index in [0.29, 0.717) is 0 Å². The van der Waals surface area contributed by atoms with Gasteiger partial charge in [0.1, 0.15) is 0 Å². The molecule has 1 aromatic carbocycles. The van der Waals surface area contributed by atoms with Crippen molar-refractivity contribution >= 4 is 0 Å². The normalized spacial score (nSPS) is 13.8. The molecule has 0 saturated carbocycles. The molecule has 0 bridgehead atoms. The highest BCUT2D eigenvalue weighted by atomic mass is 14.4. The standard InChI is InChI=1S/C19H26/c1-7-9-13-16(8-2)18(3,4)19(5,6)17-14-11-10-12-15-17/h7-15H,2H2,1,3-6H3/b9-7-,16-13+. The van der Waals surface area contributed by atoms with Gasteiger partial charge in [0.05, 0.1) is 0 Å². The molecule has 0 spiro atoms. The molecule has 1 aromatic rings. The van der Waals surface area contributed by atoms with Crippen molar-refractivity contribution in [2.24, 2.45) is 5.41 Å². The van der Waals surface area contributed by atoms with Crippen LogP contribution in [0.5, 0.6) is 0 Å². The van der Waals surface area contributed by atoms with Crippen molar-refractivity contribution in [3.8, 4) is 0 Å². The van der Waals surface area contributed by atoms with E-state index in [2.05, 4.69) is 82.8 Å². The minimum Gasteiger partial charge on any atom is -0.0988 e. The Bertz CT molecular complexity index is 470. The predicted octanol–water partition coefficient (Wildman–Crippen LogP) is 5.68. The van der Waals surface area contributed by atoms with Crippen LogP contribution < -0.4 is 0 Å². The number of rotatable bonds is 5. The molecule has 1 rings (SSSR count). The van der Waals surface area contributed by atoms with Gasteiger partial charge in [-0.1, -0.05) is 88.9 Å². The maximum Gasteiger partial charge on any atom is -0.00121 e. The summed E-state index contributed by atoms with van der Waals surface area (Å²) in [6, 6.07) is 10.7. The van der Waals surface area contributed by atoms with Crippen LogP contribution in [0, 0.1) is 5.41 Å². The second-order valence-corrected chi connectivity index (χ2v) is 5.97. The Morgan fingerprint density at radius 3 is 2.11 bits per heavy atom. The average molecular weight is 254 g/mol. The van der Waals surface area contributed by atoms with Crippen molar-refractivity contribution in [2.45, 2.75) is 40.0 Å². The van der Waals surface area contributed by atoms with Gasteiger partial charge in [-0.15, -0.1) is 0 Å². The molecule has 0 radical (unpaired) electrons. The van der Waals surface area contributed by atoms with Crippen LogP contribution in [-0.4, -0.2) is 0 Å². The molecule has 0 aliphatic carbocycles. The van der Waals surface area contributed by atoms with E-state index < -0.39 is 0 Å². The maximum absolute atomic E-state index is 3.99. The zero-order valence-corrected chi connectivity index (χ0v) is 12.9. The first kappa shape index (κ1) is 15.5. The number of allylic oxidation sites excluding steroid dienone is 5. The van der Waals surface area contributed by atoms with Gasteiger partial charge < -0.3 is 0 Å². The molecule has 19 heavy (non-hydrogen) atoms. The lowest BCUT2D eigenvalue weighted by Crippen LogP contribution is -2.37. The van der Waals surface area contributed by atoms with Crippen molar-refractivity contribution in [1.29, 1.82) is 0 Å². The van der Waals surface area contributed by atoms with Crippen molar-refractivity contribution in [3.05, 3.63) is 72.4 Å². The largest absolute Gasteiger partial charge is 0.0988 e. The van der Waals surface area contributed by atoms with Crippen LogP contribution in [0.4, 0.5) is 0 Å². The van der Waals surface area contributed by atoms with Gasteiger partial charge in [0.25, 0.3) is 0 Å². The molecule has 0 aliphatic rings. The Morgan fingerprint density at radius 2 is 1.63 bits per heavy atom. The Hall–Kier alpha value is -1.56. The van der Waals surface area contributed by atoms with Gasteiger partial charge in [0, 0.05) is 0 Å². The first-order chi connectivity index (χ1) is 8.87. The fourth-order valence-corrected chi connectivity index (χ4v) is 2.31. The van der Waals surface area contributed by atoms with Crippen LogP contribution in [0.15, 0.2) is 66.8 Å². The molecule has 0 atom stereocenters. The third kappa shape index (κ3) is 3.07. The Labute approximate surface area is 118 Å². The number of hydrogen-bond acceptors (Lipinski definition) is 0. The van der Waals surface area contributed by atoms with Crippen molar-refractivity contribution in [3.63, 3.8) is 0 Å². The molecule has 0 aromatic heterocycles. The highest BCUT2D eigenvalue weighted by Crippen LogP contribution is 2.46. The van der Waals surface area contributed by atoms with Gasteiger partial charge in [-0.05, 0) is 28.9 Å². The molecule has 0 heteroatoms. The van der Waals surface area contributed by atoms with Crippen molar-refractivity contribution < 1.29 is 0 Å². The van der Waals surface area contributed by atoms with Gasteiger partial charge in [-0.3, -0.25) is 0 Å². The van der Waals surface area contributed by atoms with Crippen LogP contribution >= 0.6 is 0 Å². The van der Waals surface area contributed by atoms with E-state index in [9.17, 15) is 0 Å². The van der Waals surface area contributed by atoms with Crippen molar-refractivity contribution in [1.82, 2.24) is 0 Å². The topological polar surface area (TPSA) is 0 Å². The van der Waals surface area contributed by atoms with Gasteiger partial charge in [-0.2, -0.15) is 0 Å². The minimum absolute atomic E-state index is 0.00954. The third-order valence-electron chi connectivity index (χ3n) is 4.47. The predicted molar refractivity (Wildman–Crippen MR) is 86.3 cm³/mol. The quantitative estimate of drug-likeness (QED) is 0.593. The first-order valence-electron chi connectivity index (χ1n) is 6.89. The molecular formula is C19H26. The van der Waals surface area contributed by atoms with E-state index in [-0.39, 0.29) is 10.8 Å². The monoisotopic (exact) mass is 254 g/mol. The minimum atomic E-state index is 0.00954. The molecule has 0 unspecified atom stereocenters. The second kappa shape index (κ2) is 6.06. The summed E-state index contributed by atoms with van der Waals surface area (Å²) < 4.78 is 0. The van der Waals surface area contributed by atoms with Gasteiger partial charge >= 0.3 is 0 Å². The van der Waals surface area contributed by atoms with Gasteiger partial charge in [0.15, 0.2) is 0 Å². The maximum atomic E-state index is 3.99. The molecule has 0 N–H and O–H groups in total. The molecular weight excluding hydrogens is 228 g/mol. The van der Waals surface area contributed by atoms with Crippen LogP contribution in [0.2, 0.25) is 0 Å². The Kier molecular flexibility index (Phi) is 4.94. The van der Waals surface area contributed by atoms with E-state index in [1.807, 2.05) is 13.0 Å². The highest BCUT2D eigenvalue weighted by molar-refractivity contribution is 5.37. The summed E-state index contributed by atoms with van der Waals surface area (Å²) in [5, 5.41) is 0. The van der Waals surface area contributed by atoms with Gasteiger partial charge in [-0.25, -0.2) is 0 Å². The summed E-state index contributed by atoms with van der Waals surface area (Å²) in [7, 11) is 0. The fraction of sp³-hybridized carbons (Fsp3) is 0.368. The lowest BCUT2D eigenvalue weighted by atomic mass is 9.60. The lowest BCUT2D eigenvalue weighted by molar-refractivity contribution is 0.254. The summed E-state index contributed by atoms with van der Waals surface area (Å²) in [6.45, 7) is 15.2. The molecule has 0 fully saturated rings. The Balaban J connectivity index is 3.27. The highest BCUT2D eigenvalue weighted by Gasteiger charge is 2.39. The summed E-state index contributed by atoms with van der Waals surface area (Å²) in [4.78, 5) is 0. The molecule has 0 heterocycles. The lowest BCUT2D eigenvalue weighted by Gasteiger charge is -2.43. The SMILES string of the molecule is C=C/C(=C\C=C/C)C(C)(C)C(C)(C)c1ccccc1. The van der Waals surface area contributed by atoms with Crippen LogP contribution in [-0.2, 0) is 5.41 Å². The first-order valence-corrected chi connectivity index (χ1v) is 6.89. The number of hydrogen-bond donors (Lipinski definition) is 0. The van der Waals surface area contributed by atoms with Gasteiger partial charge in [0.2, 0.25) is 0 Å². The average Bonchev–Trinajstić information content (AvgIpc) is 2.40. The third-order valence-corrected chi connectivity index (χ3v) is 4.47. The zero-order chi connectivity index (χ0) is 14.5. The van der Waals surface area contributed by atoms with E-state index >= 15 is 0 Å². The molecule has 0 saturated heterocycles. The number of benzene rings is 1. The van der Waals surface area contributed by atoms with Crippen molar-refractivity contribution in [2.75, 3.05) is 0 Å². The van der Waals surface area contributed by atoms with E-state index in [1.54, 1.807) is 0 Å². The van der Waals surface area contributed by atoms with E-state index in [1.165, 1.54) is 11.1 Å². The molecule has 0 aliphatic heterocycles. The zero-order valence-electron chi connectivity index (χ0n) is 12.9. The Morgan fingerprint density at radius 1 is 1.05 bits per heavy atom. The summed E-state index contributed by atoms with van der Waals surface area (Å²) >= 11 is 0. The van der Waals surface area contributed by atoms with Crippen LogP contribution in [0.25, 0.3) is 0 Å². The molecule has 0 nitrogen and oxygen atoms in total. The van der Waals surface area contributed by atoms with Crippen LogP contribution in [0.1, 0.15) is 40.2 Å². The summed E-state index contributed by atoms with van der Waals surface area (Å²) in [6.07, 6.45) is 8.28.